The van der Waals surface area contributed by atoms with Crippen molar-refractivity contribution in [3.05, 3.63) is 51.4 Å². The Morgan fingerprint density at radius 2 is 2.27 bits per heavy atom. The molecular weight excluding hydrogens is 402 g/mol. The molecule has 0 atom stereocenters. The van der Waals surface area contributed by atoms with Gasteiger partial charge in [0.1, 0.15) is 16.8 Å². The molecule has 154 valence electrons. The first kappa shape index (κ1) is 20.0. The van der Waals surface area contributed by atoms with Crippen LogP contribution in [-0.2, 0) is 28.9 Å². The minimum Gasteiger partial charge on any atom is -0.492 e. The molecule has 0 bridgehead atoms. The van der Waals surface area contributed by atoms with E-state index in [0.717, 1.165) is 33.7 Å². The van der Waals surface area contributed by atoms with Gasteiger partial charge in [0.25, 0.3) is 0 Å². The van der Waals surface area contributed by atoms with Crippen LogP contribution >= 0.6 is 11.3 Å². The van der Waals surface area contributed by atoms with Gasteiger partial charge in [0, 0.05) is 29.5 Å². The van der Waals surface area contributed by atoms with Crippen molar-refractivity contribution in [2.45, 2.75) is 26.3 Å². The molecule has 0 radical (unpaired) electrons. The molecule has 0 spiro atoms. The van der Waals surface area contributed by atoms with Gasteiger partial charge in [0.05, 0.1) is 25.3 Å². The van der Waals surface area contributed by atoms with Gasteiger partial charge >= 0.3 is 6.09 Å². The number of carbonyl (C=O) groups is 2. The number of nitrogens with zero attached hydrogens (tertiary/aromatic N) is 2. The highest BCUT2D eigenvalue weighted by molar-refractivity contribution is 7.16. The smallest absolute Gasteiger partial charge is 0.410 e. The molecule has 0 aliphatic carbocycles. The van der Waals surface area contributed by atoms with Crippen molar-refractivity contribution in [3.63, 3.8) is 0 Å². The number of rotatable bonds is 4. The summed E-state index contributed by atoms with van der Waals surface area (Å²) in [5.74, 6) is 0.507. The summed E-state index contributed by atoms with van der Waals surface area (Å²) in [6.07, 6.45) is 4.25. The van der Waals surface area contributed by atoms with Crippen LogP contribution in [0.15, 0.2) is 24.3 Å². The Morgan fingerprint density at radius 3 is 3.07 bits per heavy atom. The van der Waals surface area contributed by atoms with Crippen molar-refractivity contribution >= 4 is 34.4 Å². The standard InChI is InChI=1S/C22H21N3O4S/c1-2-28-22(27)25-10-8-16-17(12-23)21(30-18(16)13-25)24-19(26)7-6-14-4-3-5-15-9-11-29-20(14)15/h3-7H,2,8-11,13H2,1H3,(H,24,26)/b7-6+. The average molecular weight is 423 g/mol. The van der Waals surface area contributed by atoms with Crippen LogP contribution in [0, 0.1) is 11.3 Å². The van der Waals surface area contributed by atoms with Crippen molar-refractivity contribution in [1.82, 2.24) is 4.90 Å². The van der Waals surface area contributed by atoms with Gasteiger partial charge in [-0.3, -0.25) is 4.79 Å². The number of nitrogens with one attached hydrogen (secondary N) is 1. The van der Waals surface area contributed by atoms with E-state index in [0.29, 0.717) is 43.3 Å². The summed E-state index contributed by atoms with van der Waals surface area (Å²) in [7, 11) is 0. The molecule has 3 heterocycles. The molecular formula is C22H21N3O4S. The van der Waals surface area contributed by atoms with Crippen molar-refractivity contribution in [1.29, 1.82) is 5.26 Å². The molecule has 2 aliphatic heterocycles. The first-order valence-corrected chi connectivity index (χ1v) is 10.6. The average Bonchev–Trinajstić information content (AvgIpc) is 3.36. The summed E-state index contributed by atoms with van der Waals surface area (Å²) >= 11 is 1.33. The maximum absolute atomic E-state index is 12.5. The third-order valence-electron chi connectivity index (χ3n) is 5.09. The minimum atomic E-state index is -0.360. The molecule has 4 rings (SSSR count). The zero-order valence-electron chi connectivity index (χ0n) is 16.6. The van der Waals surface area contributed by atoms with Gasteiger partial charge in [-0.15, -0.1) is 11.3 Å². The molecule has 0 saturated heterocycles. The number of carbonyl (C=O) groups excluding carboxylic acids is 2. The molecule has 0 unspecified atom stereocenters. The first-order chi connectivity index (χ1) is 14.6. The van der Waals surface area contributed by atoms with Gasteiger partial charge in [-0.2, -0.15) is 5.26 Å². The number of hydrogen-bond acceptors (Lipinski definition) is 6. The number of nitriles is 1. The van der Waals surface area contributed by atoms with Gasteiger partial charge in [-0.25, -0.2) is 4.79 Å². The molecule has 2 aromatic rings. The van der Waals surface area contributed by atoms with E-state index in [1.54, 1.807) is 17.9 Å². The summed E-state index contributed by atoms with van der Waals surface area (Å²) in [5.41, 5.74) is 3.37. The molecule has 1 aromatic carbocycles. The minimum absolute atomic E-state index is 0.317. The predicted octanol–water partition coefficient (Wildman–Crippen LogP) is 3.72. The number of benzene rings is 1. The fourth-order valence-corrected chi connectivity index (χ4v) is 4.89. The van der Waals surface area contributed by atoms with Crippen LogP contribution in [0.2, 0.25) is 0 Å². The van der Waals surface area contributed by atoms with Gasteiger partial charge in [0.2, 0.25) is 5.91 Å². The largest absolute Gasteiger partial charge is 0.492 e. The summed E-state index contributed by atoms with van der Waals surface area (Å²) in [5, 5.41) is 12.9. The highest BCUT2D eigenvalue weighted by Gasteiger charge is 2.28. The topological polar surface area (TPSA) is 91.7 Å². The summed E-state index contributed by atoms with van der Waals surface area (Å²) in [4.78, 5) is 27.0. The molecule has 8 heteroatoms. The van der Waals surface area contributed by atoms with E-state index >= 15 is 0 Å². The summed E-state index contributed by atoms with van der Waals surface area (Å²) in [6, 6.07) is 8.08. The van der Waals surface area contributed by atoms with E-state index in [2.05, 4.69) is 11.4 Å². The number of hydrogen-bond donors (Lipinski definition) is 1. The maximum atomic E-state index is 12.5. The second-order valence-corrected chi connectivity index (χ2v) is 8.05. The fraction of sp³-hybridized carbons (Fsp3) is 0.318. The number of thiophene rings is 1. The molecule has 30 heavy (non-hydrogen) atoms. The van der Waals surface area contributed by atoms with Crippen LogP contribution < -0.4 is 10.1 Å². The van der Waals surface area contributed by atoms with Gasteiger partial charge in [-0.05, 0) is 30.5 Å². The third kappa shape index (κ3) is 3.89. The second-order valence-electron chi connectivity index (χ2n) is 6.95. The van der Waals surface area contributed by atoms with E-state index in [9.17, 15) is 14.9 Å². The van der Waals surface area contributed by atoms with E-state index in [-0.39, 0.29) is 12.0 Å². The monoisotopic (exact) mass is 423 g/mol. The van der Waals surface area contributed by atoms with Crippen molar-refractivity contribution < 1.29 is 19.1 Å². The summed E-state index contributed by atoms with van der Waals surface area (Å²) in [6.45, 7) is 3.61. The molecule has 0 saturated carbocycles. The van der Waals surface area contributed by atoms with Crippen LogP contribution in [0.25, 0.3) is 6.08 Å². The maximum Gasteiger partial charge on any atom is 0.410 e. The second kappa shape index (κ2) is 8.59. The normalized spacial score (nSPS) is 14.6. The predicted molar refractivity (Wildman–Crippen MR) is 113 cm³/mol. The molecule has 2 amide bonds. The highest BCUT2D eigenvalue weighted by Crippen LogP contribution is 2.37. The lowest BCUT2D eigenvalue weighted by atomic mass is 10.0. The lowest BCUT2D eigenvalue weighted by Gasteiger charge is -2.25. The van der Waals surface area contributed by atoms with Crippen LogP contribution in [0.3, 0.4) is 0 Å². The molecule has 7 nitrogen and oxygen atoms in total. The third-order valence-corrected chi connectivity index (χ3v) is 6.22. The van der Waals surface area contributed by atoms with E-state index < -0.39 is 0 Å². The van der Waals surface area contributed by atoms with E-state index in [1.165, 1.54) is 17.4 Å². The van der Waals surface area contributed by atoms with Crippen molar-refractivity contribution in [2.75, 3.05) is 25.1 Å². The quantitative estimate of drug-likeness (QED) is 0.757. The number of ether oxygens (including phenoxy) is 2. The Morgan fingerprint density at radius 1 is 1.40 bits per heavy atom. The van der Waals surface area contributed by atoms with E-state index in [1.807, 2.05) is 18.2 Å². The highest BCUT2D eigenvalue weighted by atomic mass is 32.1. The Bertz CT molecular complexity index is 1070. The van der Waals surface area contributed by atoms with Gasteiger partial charge < -0.3 is 19.7 Å². The van der Waals surface area contributed by atoms with Crippen LogP contribution in [0.1, 0.15) is 34.1 Å². The van der Waals surface area contributed by atoms with Gasteiger partial charge in [0.15, 0.2) is 0 Å². The van der Waals surface area contributed by atoms with Crippen LogP contribution in [0.4, 0.5) is 9.80 Å². The number of anilines is 1. The number of para-hydroxylation sites is 1. The van der Waals surface area contributed by atoms with Gasteiger partial charge in [-0.1, -0.05) is 18.2 Å². The van der Waals surface area contributed by atoms with Crippen molar-refractivity contribution in [3.8, 4) is 11.8 Å². The first-order valence-electron chi connectivity index (χ1n) is 9.80. The van der Waals surface area contributed by atoms with Crippen LogP contribution in [-0.4, -0.2) is 36.7 Å². The molecule has 2 aliphatic rings. The Hall–Kier alpha value is -3.31. The Balaban J connectivity index is 1.49. The SMILES string of the molecule is CCOC(=O)N1CCc2c(sc(NC(=O)/C=C/c3cccc4c3OCC4)c2C#N)C1. The zero-order chi connectivity index (χ0) is 21.1. The van der Waals surface area contributed by atoms with Crippen molar-refractivity contribution in [2.24, 2.45) is 0 Å². The Kier molecular flexibility index (Phi) is 5.72. The summed E-state index contributed by atoms with van der Waals surface area (Å²) < 4.78 is 10.7. The molecule has 0 fully saturated rings. The van der Waals surface area contributed by atoms with Crippen LogP contribution in [0.5, 0.6) is 5.75 Å². The fourth-order valence-electron chi connectivity index (χ4n) is 3.67. The molecule has 1 aromatic heterocycles. The Labute approximate surface area is 178 Å². The zero-order valence-corrected chi connectivity index (χ0v) is 17.4. The van der Waals surface area contributed by atoms with E-state index in [4.69, 9.17) is 9.47 Å². The number of fused-ring (bicyclic) bond motifs is 2. The molecule has 1 N–H and O–H groups in total. The lowest BCUT2D eigenvalue weighted by molar-refractivity contribution is -0.111. The lowest BCUT2D eigenvalue weighted by Crippen LogP contribution is -2.35. The number of amides is 2.